The number of rotatable bonds is 0. The van der Waals surface area contributed by atoms with Gasteiger partial charge in [0.25, 0.3) is 0 Å². The fourth-order valence-corrected chi connectivity index (χ4v) is 0.167. The molecular weight excluding hydrogens is 150 g/mol. The summed E-state index contributed by atoms with van der Waals surface area (Å²) in [5.41, 5.74) is 0. The van der Waals surface area contributed by atoms with Gasteiger partial charge < -0.3 is 25.7 Å². The minimum Gasteiger partial charge on any atom is -0.386 e. The van der Waals surface area contributed by atoms with Crippen LogP contribution in [0.25, 0.3) is 0 Å². The van der Waals surface area contributed by atoms with Crippen LogP contribution in [-0.2, 0) is 37.1 Å². The molecule has 1 rings (SSSR count). The molecule has 0 bridgehead atoms. The van der Waals surface area contributed by atoms with E-state index < -0.39 is 0 Å². The summed E-state index contributed by atoms with van der Waals surface area (Å²) in [6.07, 6.45) is 7.00. The Labute approximate surface area is 62.8 Å². The SMILES string of the molecule is [CH-]1C[CH-]C1.[V].[V]. The molecule has 34 valence electrons. The zero-order valence-corrected chi connectivity index (χ0v) is 6.26. The van der Waals surface area contributed by atoms with Gasteiger partial charge >= 0.3 is 0 Å². The normalized spacial score (nSPS) is 16.0. The van der Waals surface area contributed by atoms with Gasteiger partial charge in [-0.25, -0.2) is 0 Å². The van der Waals surface area contributed by atoms with Crippen molar-refractivity contribution in [2.75, 3.05) is 0 Å². The van der Waals surface area contributed by atoms with Gasteiger partial charge in [-0.15, -0.1) is 0 Å². The molecule has 0 N–H and O–H groups in total. The van der Waals surface area contributed by atoms with Gasteiger partial charge in [0.15, 0.2) is 0 Å². The largest absolute Gasteiger partial charge is 0.386 e. The molecule has 0 unspecified atom stereocenters. The van der Waals surface area contributed by atoms with Gasteiger partial charge in [0.2, 0.25) is 0 Å². The molecule has 0 heterocycles. The predicted octanol–water partition coefficient (Wildman–Crippen LogP) is 1.18. The van der Waals surface area contributed by atoms with Crippen molar-refractivity contribution in [2.24, 2.45) is 0 Å². The van der Waals surface area contributed by atoms with Crippen LogP contribution in [0.3, 0.4) is 0 Å². The maximum Gasteiger partial charge on any atom is 0 e. The first-order valence-electron chi connectivity index (χ1n) is 1.63. The summed E-state index contributed by atoms with van der Waals surface area (Å²) in [6, 6.07) is 0. The molecule has 0 aromatic heterocycles. The maximum atomic E-state index is 2.25. The quantitative estimate of drug-likeness (QED) is 0.462. The average molecular weight is 156 g/mol. The van der Waals surface area contributed by atoms with Crippen LogP contribution in [-0.4, -0.2) is 0 Å². The van der Waals surface area contributed by atoms with Crippen molar-refractivity contribution in [3.8, 4) is 0 Å². The van der Waals surface area contributed by atoms with Gasteiger partial charge in [-0.2, -0.15) is 0 Å². The fraction of sp³-hybridized carbons (Fsp3) is 0.500. The van der Waals surface area contributed by atoms with Crippen molar-refractivity contribution in [1.29, 1.82) is 0 Å². The van der Waals surface area contributed by atoms with Crippen molar-refractivity contribution in [2.45, 2.75) is 12.8 Å². The van der Waals surface area contributed by atoms with Crippen LogP contribution in [0.1, 0.15) is 12.8 Å². The first-order chi connectivity index (χ1) is 2.00. The van der Waals surface area contributed by atoms with E-state index in [4.69, 9.17) is 0 Å². The molecule has 0 aromatic rings. The van der Waals surface area contributed by atoms with Crippen LogP contribution in [0.4, 0.5) is 0 Å². The summed E-state index contributed by atoms with van der Waals surface area (Å²) in [4.78, 5) is 0. The van der Waals surface area contributed by atoms with Gasteiger partial charge in [-0.3, -0.25) is 0 Å². The zero-order valence-electron chi connectivity index (χ0n) is 3.46. The van der Waals surface area contributed by atoms with Crippen molar-refractivity contribution < 1.29 is 37.1 Å². The zero-order chi connectivity index (χ0) is 2.83. The van der Waals surface area contributed by atoms with Crippen LogP contribution >= 0.6 is 0 Å². The number of hydrogen-bond acceptors (Lipinski definition) is 0. The summed E-state index contributed by atoms with van der Waals surface area (Å²) >= 11 is 0. The summed E-state index contributed by atoms with van der Waals surface area (Å²) in [6.45, 7) is 0. The van der Waals surface area contributed by atoms with Crippen LogP contribution in [0.15, 0.2) is 0 Å². The minimum atomic E-state index is 0. The summed E-state index contributed by atoms with van der Waals surface area (Å²) in [5.74, 6) is 0. The van der Waals surface area contributed by atoms with E-state index in [2.05, 4.69) is 12.8 Å². The van der Waals surface area contributed by atoms with Crippen LogP contribution < -0.4 is 0 Å². The van der Waals surface area contributed by atoms with E-state index in [0.717, 1.165) is 0 Å². The Hall–Kier alpha value is 1.17. The smallest absolute Gasteiger partial charge is 0 e. The third-order valence-corrected chi connectivity index (χ3v) is 0.667. The van der Waals surface area contributed by atoms with Crippen molar-refractivity contribution in [3.05, 3.63) is 12.8 Å². The van der Waals surface area contributed by atoms with E-state index in [1.807, 2.05) is 0 Å². The topological polar surface area (TPSA) is 0 Å². The van der Waals surface area contributed by atoms with E-state index in [1.54, 1.807) is 0 Å². The Bertz CT molecular complexity index is 13.5. The minimum absolute atomic E-state index is 0. The molecule has 0 saturated heterocycles. The van der Waals surface area contributed by atoms with Gasteiger partial charge in [0.05, 0.1) is 0 Å². The van der Waals surface area contributed by atoms with Crippen molar-refractivity contribution in [3.63, 3.8) is 0 Å². The Morgan fingerprint density at radius 3 is 1.00 bits per heavy atom. The van der Waals surface area contributed by atoms with E-state index in [-0.39, 0.29) is 37.1 Å². The Morgan fingerprint density at radius 1 is 0.833 bits per heavy atom. The molecule has 2 radical (unpaired) electrons. The molecule has 2 heteroatoms. The molecule has 0 aromatic carbocycles. The first-order valence-corrected chi connectivity index (χ1v) is 1.63. The summed E-state index contributed by atoms with van der Waals surface area (Å²) in [5, 5.41) is 0. The molecule has 0 amide bonds. The molecule has 0 nitrogen and oxygen atoms in total. The Balaban J connectivity index is 0. The molecule has 1 fully saturated rings. The molecule has 1 saturated carbocycles. The second kappa shape index (κ2) is 6.17. The standard InChI is InChI=1S/C4H6.2V/c1-2-4-3-1;;/h1,4H,2-3H2;;/q-2;;. The molecule has 1 aliphatic rings. The van der Waals surface area contributed by atoms with E-state index in [0.29, 0.717) is 0 Å². The third-order valence-electron chi connectivity index (χ3n) is 0.667. The molecule has 0 atom stereocenters. The molecule has 1 aliphatic carbocycles. The molecule has 0 aliphatic heterocycles. The second-order valence-electron chi connectivity index (χ2n) is 1.05. The van der Waals surface area contributed by atoms with Gasteiger partial charge in [-0.05, 0) is 0 Å². The first kappa shape index (κ1) is 10.2. The van der Waals surface area contributed by atoms with E-state index in [1.165, 1.54) is 12.8 Å². The van der Waals surface area contributed by atoms with Crippen molar-refractivity contribution in [1.82, 2.24) is 0 Å². The molecule has 0 spiro atoms. The third kappa shape index (κ3) is 3.36. The Kier molecular flexibility index (Phi) is 10.5. The monoisotopic (exact) mass is 156 g/mol. The summed E-state index contributed by atoms with van der Waals surface area (Å²) in [7, 11) is 0. The Morgan fingerprint density at radius 2 is 1.00 bits per heavy atom. The predicted molar refractivity (Wildman–Crippen MR) is 17.8 cm³/mol. The molecule has 6 heavy (non-hydrogen) atoms. The van der Waals surface area contributed by atoms with Gasteiger partial charge in [0.1, 0.15) is 0 Å². The van der Waals surface area contributed by atoms with Crippen molar-refractivity contribution >= 4 is 0 Å². The van der Waals surface area contributed by atoms with Crippen LogP contribution in [0.2, 0.25) is 0 Å². The van der Waals surface area contributed by atoms with Gasteiger partial charge in [-0.1, -0.05) is 0 Å². The number of hydrogen-bond donors (Lipinski definition) is 0. The summed E-state index contributed by atoms with van der Waals surface area (Å²) < 4.78 is 0. The van der Waals surface area contributed by atoms with E-state index in [9.17, 15) is 0 Å². The average Bonchev–Trinajstić information content (AvgIpc) is 0.722. The second-order valence-corrected chi connectivity index (χ2v) is 1.05. The van der Waals surface area contributed by atoms with Crippen LogP contribution in [0, 0.1) is 12.8 Å². The maximum absolute atomic E-state index is 2.25. The van der Waals surface area contributed by atoms with Crippen LogP contribution in [0.5, 0.6) is 0 Å². The van der Waals surface area contributed by atoms with E-state index >= 15 is 0 Å². The fourth-order valence-electron chi connectivity index (χ4n) is 0.167. The molecular formula is C4H6V2-2. The van der Waals surface area contributed by atoms with Gasteiger partial charge in [0, 0.05) is 37.1 Å².